The summed E-state index contributed by atoms with van der Waals surface area (Å²) in [7, 11) is 1.61. The van der Waals surface area contributed by atoms with Crippen molar-refractivity contribution < 1.29 is 28.5 Å². The number of carbonyl (C=O) groups is 1. The van der Waals surface area contributed by atoms with Crippen molar-refractivity contribution in [1.82, 2.24) is 0 Å². The van der Waals surface area contributed by atoms with Crippen LogP contribution in [0.15, 0.2) is 18.2 Å². The van der Waals surface area contributed by atoms with Gasteiger partial charge in [-0.2, -0.15) is 0 Å². The molecule has 0 fully saturated rings. The zero-order valence-electron chi connectivity index (χ0n) is 11.4. The Morgan fingerprint density at radius 1 is 1.20 bits per heavy atom. The van der Waals surface area contributed by atoms with E-state index in [9.17, 15) is 9.18 Å². The fourth-order valence-corrected chi connectivity index (χ4v) is 1.49. The molecule has 1 aromatic rings. The lowest BCUT2D eigenvalue weighted by Crippen LogP contribution is -2.06. The second-order valence-electron chi connectivity index (χ2n) is 4.12. The molecule has 0 spiro atoms. The van der Waals surface area contributed by atoms with Crippen LogP contribution in [0.5, 0.6) is 0 Å². The van der Waals surface area contributed by atoms with Crippen molar-refractivity contribution in [2.45, 2.75) is 13.0 Å². The summed E-state index contributed by atoms with van der Waals surface area (Å²) in [6.07, 6.45) is 0.707. The molecule has 0 amide bonds. The smallest absolute Gasteiger partial charge is 0.335 e. The van der Waals surface area contributed by atoms with E-state index < -0.39 is 11.8 Å². The highest BCUT2D eigenvalue weighted by Crippen LogP contribution is 2.11. The Balaban J connectivity index is 2.20. The molecule has 1 aromatic carbocycles. The Morgan fingerprint density at radius 2 is 1.95 bits per heavy atom. The maximum Gasteiger partial charge on any atom is 0.335 e. The number of rotatable bonds is 10. The van der Waals surface area contributed by atoms with Gasteiger partial charge in [0.25, 0.3) is 0 Å². The van der Waals surface area contributed by atoms with Gasteiger partial charge < -0.3 is 19.3 Å². The van der Waals surface area contributed by atoms with Crippen molar-refractivity contribution in [3.05, 3.63) is 35.1 Å². The lowest BCUT2D eigenvalue weighted by atomic mass is 10.1. The molecule has 0 radical (unpaired) electrons. The number of methoxy groups -OCH3 is 1. The van der Waals surface area contributed by atoms with Crippen LogP contribution in [0.2, 0.25) is 0 Å². The summed E-state index contributed by atoms with van der Waals surface area (Å²) in [6.45, 7) is 2.23. The molecule has 112 valence electrons. The van der Waals surface area contributed by atoms with Crippen molar-refractivity contribution in [1.29, 1.82) is 0 Å². The first-order valence-electron chi connectivity index (χ1n) is 6.31. The molecule has 0 unspecified atom stereocenters. The molecule has 0 atom stereocenters. The van der Waals surface area contributed by atoms with Gasteiger partial charge in [-0.1, -0.05) is 6.07 Å². The lowest BCUT2D eigenvalue weighted by molar-refractivity contribution is 0.0479. The minimum Gasteiger partial charge on any atom is -0.478 e. The predicted octanol–water partition coefficient (Wildman–Crippen LogP) is 2.09. The zero-order valence-corrected chi connectivity index (χ0v) is 11.4. The number of ether oxygens (including phenoxy) is 3. The molecular formula is C14H19FO5. The van der Waals surface area contributed by atoms with E-state index in [4.69, 9.17) is 19.3 Å². The Hall–Kier alpha value is -1.50. The van der Waals surface area contributed by atoms with Gasteiger partial charge in [0.2, 0.25) is 0 Å². The Labute approximate surface area is 117 Å². The van der Waals surface area contributed by atoms with E-state index >= 15 is 0 Å². The van der Waals surface area contributed by atoms with E-state index in [-0.39, 0.29) is 12.2 Å². The molecule has 6 heteroatoms. The highest BCUT2D eigenvalue weighted by atomic mass is 19.1. The third-order valence-corrected chi connectivity index (χ3v) is 2.57. The maximum atomic E-state index is 13.5. The Kier molecular flexibility index (Phi) is 7.79. The van der Waals surface area contributed by atoms with E-state index in [0.29, 0.717) is 38.4 Å². The molecule has 1 rings (SSSR count). The number of carboxylic acids is 1. The topological polar surface area (TPSA) is 65.0 Å². The average Bonchev–Trinajstić information content (AvgIpc) is 2.43. The second-order valence-corrected chi connectivity index (χ2v) is 4.12. The largest absolute Gasteiger partial charge is 0.478 e. The van der Waals surface area contributed by atoms with Crippen LogP contribution >= 0.6 is 0 Å². The van der Waals surface area contributed by atoms with Crippen LogP contribution in [0, 0.1) is 5.82 Å². The van der Waals surface area contributed by atoms with Gasteiger partial charge in [-0.25, -0.2) is 9.18 Å². The number of halogens is 1. The van der Waals surface area contributed by atoms with Crippen LogP contribution in [-0.4, -0.2) is 44.6 Å². The molecule has 0 aliphatic rings. The number of hydrogen-bond acceptors (Lipinski definition) is 4. The molecule has 0 aliphatic carbocycles. The number of aromatic carboxylic acids is 1. The summed E-state index contributed by atoms with van der Waals surface area (Å²) in [5.74, 6) is -1.72. The third-order valence-electron chi connectivity index (χ3n) is 2.57. The van der Waals surface area contributed by atoms with E-state index in [1.54, 1.807) is 7.11 Å². The van der Waals surface area contributed by atoms with Crippen LogP contribution in [0.1, 0.15) is 22.3 Å². The molecular weight excluding hydrogens is 267 g/mol. The standard InChI is InChI=1S/C14H19FO5/c1-18-7-8-19-5-2-6-20-10-12-4-3-11(14(16)17)9-13(12)15/h3-4,9H,2,5-8,10H2,1H3,(H,16,17). The summed E-state index contributed by atoms with van der Waals surface area (Å²) in [5, 5.41) is 8.71. The number of hydrogen-bond donors (Lipinski definition) is 1. The van der Waals surface area contributed by atoms with Crippen LogP contribution in [-0.2, 0) is 20.8 Å². The highest BCUT2D eigenvalue weighted by Gasteiger charge is 2.08. The quantitative estimate of drug-likeness (QED) is 0.667. The molecule has 5 nitrogen and oxygen atoms in total. The fraction of sp³-hybridized carbons (Fsp3) is 0.500. The first-order valence-corrected chi connectivity index (χ1v) is 6.31. The number of carboxylic acid groups (broad SMARTS) is 1. The van der Waals surface area contributed by atoms with Gasteiger partial charge in [0.05, 0.1) is 25.4 Å². The van der Waals surface area contributed by atoms with Crippen molar-refractivity contribution in [2.24, 2.45) is 0 Å². The van der Waals surface area contributed by atoms with Crippen LogP contribution in [0.25, 0.3) is 0 Å². The second kappa shape index (κ2) is 9.41. The van der Waals surface area contributed by atoms with Crippen LogP contribution in [0.4, 0.5) is 4.39 Å². The van der Waals surface area contributed by atoms with Gasteiger partial charge in [0, 0.05) is 25.9 Å². The fourth-order valence-electron chi connectivity index (χ4n) is 1.49. The van der Waals surface area contributed by atoms with Gasteiger partial charge in [-0.15, -0.1) is 0 Å². The van der Waals surface area contributed by atoms with Gasteiger partial charge >= 0.3 is 5.97 Å². The first-order chi connectivity index (χ1) is 9.65. The molecule has 0 saturated carbocycles. The summed E-state index contributed by atoms with van der Waals surface area (Å²) in [6, 6.07) is 3.78. The van der Waals surface area contributed by atoms with Gasteiger partial charge in [-0.3, -0.25) is 0 Å². The van der Waals surface area contributed by atoms with E-state index in [1.807, 2.05) is 0 Å². The van der Waals surface area contributed by atoms with Crippen molar-refractivity contribution in [3.8, 4) is 0 Å². The molecule has 0 aromatic heterocycles. The SMILES string of the molecule is COCCOCCCOCc1ccc(C(=O)O)cc1F. The van der Waals surface area contributed by atoms with Crippen molar-refractivity contribution in [3.63, 3.8) is 0 Å². The summed E-state index contributed by atoms with van der Waals surface area (Å²) in [4.78, 5) is 10.7. The van der Waals surface area contributed by atoms with Gasteiger partial charge in [0.15, 0.2) is 0 Å². The van der Waals surface area contributed by atoms with E-state index in [1.165, 1.54) is 12.1 Å². The van der Waals surface area contributed by atoms with Crippen LogP contribution < -0.4 is 0 Å². The molecule has 0 aliphatic heterocycles. The first kappa shape index (κ1) is 16.6. The normalized spacial score (nSPS) is 10.7. The van der Waals surface area contributed by atoms with Crippen LogP contribution in [0.3, 0.4) is 0 Å². The summed E-state index contributed by atoms with van der Waals surface area (Å²) >= 11 is 0. The van der Waals surface area contributed by atoms with Gasteiger partial charge in [0.1, 0.15) is 5.82 Å². The molecule has 0 heterocycles. The highest BCUT2D eigenvalue weighted by molar-refractivity contribution is 5.87. The predicted molar refractivity (Wildman–Crippen MR) is 70.3 cm³/mol. The molecule has 1 N–H and O–H groups in total. The maximum absolute atomic E-state index is 13.5. The molecule has 0 bridgehead atoms. The van der Waals surface area contributed by atoms with Crippen molar-refractivity contribution >= 4 is 5.97 Å². The zero-order chi connectivity index (χ0) is 14.8. The van der Waals surface area contributed by atoms with E-state index in [2.05, 4.69) is 0 Å². The minimum absolute atomic E-state index is 0.0715. The van der Waals surface area contributed by atoms with Crippen molar-refractivity contribution in [2.75, 3.05) is 33.5 Å². The summed E-state index contributed by atoms with van der Waals surface area (Å²) in [5.41, 5.74) is 0.271. The minimum atomic E-state index is -1.15. The third kappa shape index (κ3) is 6.10. The Bertz CT molecular complexity index is 422. The number of benzene rings is 1. The molecule has 20 heavy (non-hydrogen) atoms. The Morgan fingerprint density at radius 3 is 2.60 bits per heavy atom. The summed E-state index contributed by atoms with van der Waals surface area (Å²) < 4.78 is 28.9. The average molecular weight is 286 g/mol. The monoisotopic (exact) mass is 286 g/mol. The lowest BCUT2D eigenvalue weighted by Gasteiger charge is -2.07. The van der Waals surface area contributed by atoms with E-state index in [0.717, 1.165) is 6.07 Å². The van der Waals surface area contributed by atoms with Gasteiger partial charge in [-0.05, 0) is 18.6 Å². The molecule has 0 saturated heterocycles.